The van der Waals surface area contributed by atoms with E-state index in [-0.39, 0.29) is 5.41 Å². The van der Waals surface area contributed by atoms with Crippen molar-refractivity contribution in [3.8, 4) is 0 Å². The molecule has 0 radical (unpaired) electrons. The highest BCUT2D eigenvalue weighted by Crippen LogP contribution is 2.44. The second-order valence-electron chi connectivity index (χ2n) is 6.61. The number of aliphatic hydroxyl groups is 1. The summed E-state index contributed by atoms with van der Waals surface area (Å²) < 4.78 is 0. The van der Waals surface area contributed by atoms with Gasteiger partial charge in [-0.25, -0.2) is 9.97 Å². The van der Waals surface area contributed by atoms with Gasteiger partial charge < -0.3 is 15.3 Å². The summed E-state index contributed by atoms with van der Waals surface area (Å²) in [5, 5.41) is 12.8. The molecule has 2 N–H and O–H groups in total. The number of hydrogen-bond donors (Lipinski definition) is 2. The van der Waals surface area contributed by atoms with Gasteiger partial charge in [0.2, 0.25) is 5.95 Å². The van der Waals surface area contributed by atoms with Gasteiger partial charge in [-0.2, -0.15) is 0 Å². The molecule has 0 atom stereocenters. The van der Waals surface area contributed by atoms with Gasteiger partial charge in [-0.15, -0.1) is 0 Å². The Morgan fingerprint density at radius 3 is 2.67 bits per heavy atom. The SMILES string of the molecule is Cc1cc(CNCC2(CO)CC2)nc(N2CCCCC2)n1. The average Bonchev–Trinajstić information content (AvgIpc) is 3.28. The quantitative estimate of drug-likeness (QED) is 0.834. The van der Waals surface area contributed by atoms with Gasteiger partial charge in [0.25, 0.3) is 0 Å². The standard InChI is InChI=1S/C16H26N4O/c1-13-9-14(10-17-11-16(12-21)5-6-16)19-15(18-13)20-7-3-2-4-8-20/h9,17,21H,2-8,10-12H2,1H3. The highest BCUT2D eigenvalue weighted by atomic mass is 16.3. The van der Waals surface area contributed by atoms with Gasteiger partial charge in [-0.05, 0) is 45.1 Å². The van der Waals surface area contributed by atoms with Gasteiger partial charge in [-0.3, -0.25) is 0 Å². The molecule has 1 aliphatic carbocycles. The van der Waals surface area contributed by atoms with E-state index in [0.717, 1.165) is 56.4 Å². The summed E-state index contributed by atoms with van der Waals surface area (Å²) in [7, 11) is 0. The molecule has 0 unspecified atom stereocenters. The predicted molar refractivity (Wildman–Crippen MR) is 83.3 cm³/mol. The van der Waals surface area contributed by atoms with Crippen molar-refractivity contribution in [2.24, 2.45) is 5.41 Å². The Balaban J connectivity index is 1.60. The van der Waals surface area contributed by atoms with Crippen molar-refractivity contribution in [1.82, 2.24) is 15.3 Å². The Bertz CT molecular complexity index is 481. The van der Waals surface area contributed by atoms with E-state index in [1.807, 2.05) is 6.92 Å². The maximum absolute atomic E-state index is 9.34. The van der Waals surface area contributed by atoms with Crippen molar-refractivity contribution in [2.75, 3.05) is 31.1 Å². The number of nitrogens with zero attached hydrogens (tertiary/aromatic N) is 3. The first-order valence-corrected chi connectivity index (χ1v) is 8.12. The molecule has 1 aromatic rings. The van der Waals surface area contributed by atoms with Crippen LogP contribution in [0.15, 0.2) is 6.07 Å². The van der Waals surface area contributed by atoms with Crippen molar-refractivity contribution in [3.63, 3.8) is 0 Å². The Morgan fingerprint density at radius 2 is 2.00 bits per heavy atom. The van der Waals surface area contributed by atoms with E-state index < -0.39 is 0 Å². The number of anilines is 1. The van der Waals surface area contributed by atoms with Crippen LogP contribution in [0, 0.1) is 12.3 Å². The molecule has 1 saturated carbocycles. The molecule has 0 aromatic carbocycles. The largest absolute Gasteiger partial charge is 0.396 e. The first-order chi connectivity index (χ1) is 10.2. The highest BCUT2D eigenvalue weighted by molar-refractivity contribution is 5.32. The molecule has 0 spiro atoms. The van der Waals surface area contributed by atoms with E-state index in [4.69, 9.17) is 4.98 Å². The zero-order valence-corrected chi connectivity index (χ0v) is 12.9. The number of rotatable bonds is 6. The van der Waals surface area contributed by atoms with E-state index in [1.54, 1.807) is 0 Å². The smallest absolute Gasteiger partial charge is 0.225 e. The number of hydrogen-bond acceptors (Lipinski definition) is 5. The molecule has 3 rings (SSSR count). The lowest BCUT2D eigenvalue weighted by Crippen LogP contribution is -2.32. The van der Waals surface area contributed by atoms with Crippen LogP contribution in [0.5, 0.6) is 0 Å². The molecule has 5 heteroatoms. The summed E-state index contributed by atoms with van der Waals surface area (Å²) in [5.74, 6) is 0.884. The van der Waals surface area contributed by atoms with Gasteiger partial charge in [0.1, 0.15) is 0 Å². The fourth-order valence-electron chi connectivity index (χ4n) is 2.97. The maximum atomic E-state index is 9.34. The fourth-order valence-corrected chi connectivity index (χ4v) is 2.97. The van der Waals surface area contributed by atoms with Crippen LogP contribution in [0.1, 0.15) is 43.5 Å². The second-order valence-corrected chi connectivity index (χ2v) is 6.61. The van der Waals surface area contributed by atoms with Crippen LogP contribution in [0.2, 0.25) is 0 Å². The van der Waals surface area contributed by atoms with Crippen molar-refractivity contribution < 1.29 is 5.11 Å². The van der Waals surface area contributed by atoms with Gasteiger partial charge in [0.15, 0.2) is 0 Å². The Hall–Kier alpha value is -1.20. The van der Waals surface area contributed by atoms with E-state index in [1.165, 1.54) is 19.3 Å². The summed E-state index contributed by atoms with van der Waals surface area (Å²) in [6, 6.07) is 2.05. The second kappa shape index (κ2) is 6.28. The number of aromatic nitrogens is 2. The minimum absolute atomic E-state index is 0.151. The molecule has 1 saturated heterocycles. The van der Waals surface area contributed by atoms with Crippen molar-refractivity contribution in [1.29, 1.82) is 0 Å². The molecule has 0 bridgehead atoms. The van der Waals surface area contributed by atoms with Gasteiger partial charge >= 0.3 is 0 Å². The Morgan fingerprint density at radius 1 is 1.24 bits per heavy atom. The third-order valence-corrected chi connectivity index (χ3v) is 4.63. The topological polar surface area (TPSA) is 61.3 Å². The molecular formula is C16H26N4O. The van der Waals surface area contributed by atoms with Crippen molar-refractivity contribution in [2.45, 2.75) is 45.6 Å². The molecule has 1 aromatic heterocycles. The summed E-state index contributed by atoms with van der Waals surface area (Å²) in [6.07, 6.45) is 6.07. The summed E-state index contributed by atoms with van der Waals surface area (Å²) in [4.78, 5) is 11.6. The zero-order chi connectivity index (χ0) is 14.7. The molecule has 0 amide bonds. The van der Waals surface area contributed by atoms with Crippen molar-refractivity contribution in [3.05, 3.63) is 17.5 Å². The minimum Gasteiger partial charge on any atom is -0.396 e. The van der Waals surface area contributed by atoms with Gasteiger partial charge in [0.05, 0.1) is 5.69 Å². The number of piperidine rings is 1. The van der Waals surface area contributed by atoms with E-state index in [9.17, 15) is 5.11 Å². The molecule has 1 aliphatic heterocycles. The first-order valence-electron chi connectivity index (χ1n) is 8.12. The molecule has 5 nitrogen and oxygen atoms in total. The minimum atomic E-state index is 0.151. The van der Waals surface area contributed by atoms with Crippen LogP contribution in [0.25, 0.3) is 0 Å². The average molecular weight is 290 g/mol. The number of aryl methyl sites for hydroxylation is 1. The molecule has 2 heterocycles. The molecule has 21 heavy (non-hydrogen) atoms. The van der Waals surface area contributed by atoms with Crippen LogP contribution in [0.3, 0.4) is 0 Å². The van der Waals surface area contributed by atoms with Crippen LogP contribution >= 0.6 is 0 Å². The first kappa shape index (κ1) is 14.7. The Labute approximate surface area is 126 Å². The molecule has 116 valence electrons. The number of nitrogens with one attached hydrogen (secondary N) is 1. The van der Waals surface area contributed by atoms with Gasteiger partial charge in [0, 0.05) is 43.9 Å². The van der Waals surface area contributed by atoms with Crippen LogP contribution in [-0.4, -0.2) is 41.3 Å². The third kappa shape index (κ3) is 3.71. The monoisotopic (exact) mass is 290 g/mol. The highest BCUT2D eigenvalue weighted by Gasteiger charge is 2.41. The predicted octanol–water partition coefficient (Wildman–Crippen LogP) is 1.64. The molecule has 2 aliphatic rings. The fraction of sp³-hybridized carbons (Fsp3) is 0.750. The number of aliphatic hydroxyl groups excluding tert-OH is 1. The Kier molecular flexibility index (Phi) is 4.40. The van der Waals surface area contributed by atoms with Crippen LogP contribution in [-0.2, 0) is 6.54 Å². The lowest BCUT2D eigenvalue weighted by molar-refractivity contribution is 0.207. The normalized spacial score (nSPS) is 20.6. The van der Waals surface area contributed by atoms with Crippen molar-refractivity contribution >= 4 is 5.95 Å². The molecular weight excluding hydrogens is 264 g/mol. The zero-order valence-electron chi connectivity index (χ0n) is 12.9. The summed E-state index contributed by atoms with van der Waals surface area (Å²) in [5.41, 5.74) is 2.24. The van der Waals surface area contributed by atoms with E-state index >= 15 is 0 Å². The van der Waals surface area contributed by atoms with Crippen LogP contribution < -0.4 is 10.2 Å². The van der Waals surface area contributed by atoms with E-state index in [0.29, 0.717) is 6.61 Å². The maximum Gasteiger partial charge on any atom is 0.225 e. The summed E-state index contributed by atoms with van der Waals surface area (Å²) >= 11 is 0. The summed E-state index contributed by atoms with van der Waals surface area (Å²) in [6.45, 7) is 6.11. The lowest BCUT2D eigenvalue weighted by atomic mass is 10.1. The van der Waals surface area contributed by atoms with Crippen LogP contribution in [0.4, 0.5) is 5.95 Å². The van der Waals surface area contributed by atoms with Gasteiger partial charge in [-0.1, -0.05) is 0 Å². The van der Waals surface area contributed by atoms with E-state index in [2.05, 4.69) is 21.3 Å². The third-order valence-electron chi connectivity index (χ3n) is 4.63. The molecule has 2 fully saturated rings. The lowest BCUT2D eigenvalue weighted by Gasteiger charge is -2.27.